The van der Waals surface area contributed by atoms with E-state index in [0.29, 0.717) is 33.3 Å². The molecule has 0 saturated heterocycles. The van der Waals surface area contributed by atoms with Crippen LogP contribution in [0.2, 0.25) is 5.02 Å². The van der Waals surface area contributed by atoms with Crippen LogP contribution in [0.25, 0.3) is 0 Å². The second-order valence-electron chi connectivity index (χ2n) is 10.4. The second-order valence-corrected chi connectivity index (χ2v) is 10.8. The van der Waals surface area contributed by atoms with Crippen LogP contribution in [0.1, 0.15) is 43.2 Å². The number of halogens is 2. The highest BCUT2D eigenvalue weighted by atomic mass is 35.5. The van der Waals surface area contributed by atoms with Crippen molar-refractivity contribution in [2.75, 3.05) is 25.2 Å². The summed E-state index contributed by atoms with van der Waals surface area (Å²) in [5.41, 5.74) is 8.85. The topological polar surface area (TPSA) is 108 Å². The van der Waals surface area contributed by atoms with Gasteiger partial charge >= 0.3 is 11.9 Å². The molecule has 0 amide bonds. The van der Waals surface area contributed by atoms with E-state index in [9.17, 15) is 18.8 Å². The molecule has 3 aromatic carbocycles. The molecule has 3 atom stereocenters. The molecule has 0 saturated carbocycles. The SMILES string of the molecule is CCOC(=O)C1=C(N)N(c2cccc(F)c2)C2=C(C(=O)[C@@H](C(=O)OCC)[C@H](c3cccc(OC)c3)C2)[C@@H]1c1cccc(Cl)c1. The number of methoxy groups -OCH3 is 1. The van der Waals surface area contributed by atoms with Crippen molar-refractivity contribution in [3.8, 4) is 5.75 Å². The number of carbonyl (C=O) groups is 3. The zero-order valence-electron chi connectivity index (χ0n) is 24.5. The van der Waals surface area contributed by atoms with Crippen molar-refractivity contribution in [1.29, 1.82) is 0 Å². The Balaban J connectivity index is 1.83. The third-order valence-electron chi connectivity index (χ3n) is 7.84. The van der Waals surface area contributed by atoms with E-state index in [1.807, 2.05) is 6.07 Å². The van der Waals surface area contributed by atoms with Gasteiger partial charge in [0.25, 0.3) is 0 Å². The van der Waals surface area contributed by atoms with Gasteiger partial charge in [-0.3, -0.25) is 14.5 Å². The molecule has 1 aliphatic carbocycles. The summed E-state index contributed by atoms with van der Waals surface area (Å²) in [6, 6.07) is 19.5. The van der Waals surface area contributed by atoms with Gasteiger partial charge in [0, 0.05) is 22.2 Å². The summed E-state index contributed by atoms with van der Waals surface area (Å²) in [6.07, 6.45) is 0.127. The van der Waals surface area contributed by atoms with Gasteiger partial charge in [0.2, 0.25) is 0 Å². The van der Waals surface area contributed by atoms with Crippen molar-refractivity contribution < 1.29 is 33.0 Å². The number of Topliss-reactive ketones (excluding diaryl/α,β-unsaturated/α-hetero) is 1. The van der Waals surface area contributed by atoms with Gasteiger partial charge in [0.1, 0.15) is 23.3 Å². The van der Waals surface area contributed by atoms with E-state index in [1.54, 1.807) is 62.4 Å². The first-order valence-corrected chi connectivity index (χ1v) is 14.6. The van der Waals surface area contributed by atoms with E-state index >= 15 is 0 Å². The smallest absolute Gasteiger partial charge is 0.338 e. The number of nitrogens with zero attached hydrogens (tertiary/aromatic N) is 1. The van der Waals surface area contributed by atoms with Crippen LogP contribution in [0.4, 0.5) is 10.1 Å². The standard InChI is InChI=1S/C34H32ClFN2O6/c1-4-43-33(40)28-25(19-9-7-14-24(16-19)42-3)18-26-29(31(28)39)27(20-10-6-11-21(35)15-20)30(34(41)44-5-2)32(37)38(26)23-13-8-12-22(36)17-23/h6-17,25,27-28H,4-5,18,37H2,1-3H3/t25-,27-,28-/m0/s1. The summed E-state index contributed by atoms with van der Waals surface area (Å²) in [7, 11) is 1.53. The number of nitrogens with two attached hydrogens (primary N) is 1. The number of rotatable bonds is 8. The van der Waals surface area contributed by atoms with Crippen molar-refractivity contribution in [2.45, 2.75) is 32.1 Å². The van der Waals surface area contributed by atoms with Crippen molar-refractivity contribution >= 4 is 35.0 Å². The zero-order valence-corrected chi connectivity index (χ0v) is 25.3. The van der Waals surface area contributed by atoms with Gasteiger partial charge in [-0.1, -0.05) is 41.9 Å². The molecule has 10 heteroatoms. The predicted octanol–water partition coefficient (Wildman–Crippen LogP) is 6.01. The lowest BCUT2D eigenvalue weighted by Gasteiger charge is -2.44. The molecule has 2 N–H and O–H groups in total. The van der Waals surface area contributed by atoms with Crippen LogP contribution in [-0.4, -0.2) is 38.0 Å². The molecule has 44 heavy (non-hydrogen) atoms. The Morgan fingerprint density at radius 2 is 1.68 bits per heavy atom. The Morgan fingerprint density at radius 3 is 2.36 bits per heavy atom. The van der Waals surface area contributed by atoms with Crippen molar-refractivity contribution in [1.82, 2.24) is 0 Å². The molecule has 228 valence electrons. The van der Waals surface area contributed by atoms with Gasteiger partial charge in [-0.15, -0.1) is 0 Å². The molecule has 0 fully saturated rings. The van der Waals surface area contributed by atoms with E-state index in [0.717, 1.165) is 0 Å². The summed E-state index contributed by atoms with van der Waals surface area (Å²) < 4.78 is 30.9. The van der Waals surface area contributed by atoms with E-state index in [1.165, 1.54) is 30.2 Å². The lowest BCUT2D eigenvalue weighted by Crippen LogP contribution is -2.46. The fourth-order valence-corrected chi connectivity index (χ4v) is 6.25. The summed E-state index contributed by atoms with van der Waals surface area (Å²) in [6.45, 7) is 3.43. The highest BCUT2D eigenvalue weighted by Crippen LogP contribution is 2.52. The summed E-state index contributed by atoms with van der Waals surface area (Å²) in [4.78, 5) is 43.6. The average Bonchev–Trinajstić information content (AvgIpc) is 3.00. The lowest BCUT2D eigenvalue weighted by atomic mass is 9.67. The number of ketones is 1. The molecule has 1 aliphatic heterocycles. The minimum absolute atomic E-state index is 0.0204. The largest absolute Gasteiger partial charge is 0.497 e. The number of hydrogen-bond donors (Lipinski definition) is 1. The monoisotopic (exact) mass is 618 g/mol. The Labute approximate surface area is 259 Å². The molecule has 2 aliphatic rings. The highest BCUT2D eigenvalue weighted by molar-refractivity contribution is 6.30. The summed E-state index contributed by atoms with van der Waals surface area (Å²) in [5, 5.41) is 0.374. The van der Waals surface area contributed by atoms with Gasteiger partial charge in [-0.2, -0.15) is 0 Å². The molecular weight excluding hydrogens is 587 g/mol. The zero-order chi connectivity index (χ0) is 31.5. The number of esters is 2. The third-order valence-corrected chi connectivity index (χ3v) is 8.08. The number of carbonyl (C=O) groups excluding carboxylic acids is 3. The van der Waals surface area contributed by atoms with E-state index in [4.69, 9.17) is 31.5 Å². The second kappa shape index (κ2) is 12.9. The van der Waals surface area contributed by atoms with Crippen LogP contribution in [0.5, 0.6) is 5.75 Å². The molecule has 3 aromatic rings. The van der Waals surface area contributed by atoms with E-state index in [-0.39, 0.29) is 36.6 Å². The highest BCUT2D eigenvalue weighted by Gasteiger charge is 2.51. The van der Waals surface area contributed by atoms with Crippen LogP contribution in [0.3, 0.4) is 0 Å². The summed E-state index contributed by atoms with van der Waals surface area (Å²) in [5.74, 6) is -4.97. The van der Waals surface area contributed by atoms with E-state index in [2.05, 4.69) is 0 Å². The lowest BCUT2D eigenvalue weighted by molar-refractivity contribution is -0.152. The Kier molecular flexibility index (Phi) is 9.06. The Bertz CT molecular complexity index is 1690. The third kappa shape index (κ3) is 5.67. The normalized spacial score (nSPS) is 19.9. The molecule has 8 nitrogen and oxygen atoms in total. The molecule has 0 spiro atoms. The van der Waals surface area contributed by atoms with Crippen LogP contribution < -0.4 is 15.4 Å². The van der Waals surface area contributed by atoms with Gasteiger partial charge < -0.3 is 19.9 Å². The average molecular weight is 619 g/mol. The fourth-order valence-electron chi connectivity index (χ4n) is 6.05. The number of ether oxygens (including phenoxy) is 3. The minimum Gasteiger partial charge on any atom is -0.497 e. The van der Waals surface area contributed by atoms with Crippen molar-refractivity contribution in [3.63, 3.8) is 0 Å². The maximum Gasteiger partial charge on any atom is 0.338 e. The fraction of sp³-hybridized carbons (Fsp3) is 0.265. The molecule has 1 heterocycles. The maximum atomic E-state index is 14.8. The number of benzene rings is 3. The molecular formula is C34H32ClFN2O6. The first kappa shape index (κ1) is 30.8. The van der Waals surface area contributed by atoms with Crippen molar-refractivity contribution in [3.05, 3.63) is 117 Å². The molecule has 0 bridgehead atoms. The number of hydrogen-bond acceptors (Lipinski definition) is 8. The quantitative estimate of drug-likeness (QED) is 0.241. The maximum absolute atomic E-state index is 14.8. The minimum atomic E-state index is -1.25. The molecule has 0 radical (unpaired) electrons. The van der Waals surface area contributed by atoms with Crippen LogP contribution in [-0.2, 0) is 23.9 Å². The van der Waals surface area contributed by atoms with Gasteiger partial charge in [0.05, 0.1) is 37.5 Å². The predicted molar refractivity (Wildman–Crippen MR) is 163 cm³/mol. The number of allylic oxidation sites excluding steroid dienone is 2. The first-order chi connectivity index (χ1) is 21.2. The Hall–Kier alpha value is -4.63. The van der Waals surface area contributed by atoms with Crippen LogP contribution in [0, 0.1) is 11.7 Å². The van der Waals surface area contributed by atoms with Gasteiger partial charge in [0.15, 0.2) is 5.78 Å². The molecule has 0 unspecified atom stereocenters. The number of anilines is 1. The van der Waals surface area contributed by atoms with Crippen LogP contribution in [0.15, 0.2) is 95.5 Å². The Morgan fingerprint density at radius 1 is 0.977 bits per heavy atom. The van der Waals surface area contributed by atoms with Crippen LogP contribution >= 0.6 is 11.6 Å². The molecule has 0 aromatic heterocycles. The van der Waals surface area contributed by atoms with Gasteiger partial charge in [-0.25, -0.2) is 9.18 Å². The first-order valence-electron chi connectivity index (χ1n) is 14.3. The van der Waals surface area contributed by atoms with Gasteiger partial charge in [-0.05, 0) is 73.9 Å². The molecule has 5 rings (SSSR count). The summed E-state index contributed by atoms with van der Waals surface area (Å²) >= 11 is 6.39. The van der Waals surface area contributed by atoms with E-state index < -0.39 is 41.3 Å². The van der Waals surface area contributed by atoms with Crippen molar-refractivity contribution in [2.24, 2.45) is 11.7 Å².